The number of aryl methyl sites for hydroxylation is 1. The van der Waals surface area contributed by atoms with E-state index >= 15 is 0 Å². The maximum atomic E-state index is 13.3. The van der Waals surface area contributed by atoms with Crippen LogP contribution in [-0.4, -0.2) is 13.7 Å². The van der Waals surface area contributed by atoms with Crippen molar-refractivity contribution in [2.75, 3.05) is 13.7 Å². The second-order valence-electron chi connectivity index (χ2n) is 8.63. The molecule has 2 saturated carbocycles. The highest BCUT2D eigenvalue weighted by Gasteiger charge is 2.30. The molecule has 1 nitrogen and oxygen atoms in total. The molecule has 0 amide bonds. The van der Waals surface area contributed by atoms with Crippen molar-refractivity contribution in [3.8, 4) is 0 Å². The van der Waals surface area contributed by atoms with Gasteiger partial charge in [0.15, 0.2) is 11.6 Å². The molecule has 150 valence electrons. The van der Waals surface area contributed by atoms with Crippen molar-refractivity contribution in [3.05, 3.63) is 47.5 Å². The van der Waals surface area contributed by atoms with E-state index in [-0.39, 0.29) is 0 Å². The van der Waals surface area contributed by atoms with Crippen LogP contribution in [0.25, 0.3) is 0 Å². The lowest BCUT2D eigenvalue weighted by Gasteiger charge is -2.37. The summed E-state index contributed by atoms with van der Waals surface area (Å²) >= 11 is 0. The zero-order valence-electron chi connectivity index (χ0n) is 16.6. The Labute approximate surface area is 163 Å². The van der Waals surface area contributed by atoms with Crippen molar-refractivity contribution in [2.45, 2.75) is 64.2 Å². The molecule has 2 aliphatic carbocycles. The van der Waals surface area contributed by atoms with E-state index in [1.54, 1.807) is 13.2 Å². The van der Waals surface area contributed by atoms with E-state index in [1.165, 1.54) is 63.5 Å². The Kier molecular flexibility index (Phi) is 7.87. The molecule has 2 aliphatic rings. The zero-order valence-corrected chi connectivity index (χ0v) is 16.6. The van der Waals surface area contributed by atoms with Crippen LogP contribution in [0, 0.1) is 35.3 Å². The van der Waals surface area contributed by atoms with Crippen LogP contribution < -0.4 is 0 Å². The van der Waals surface area contributed by atoms with Crippen molar-refractivity contribution in [3.63, 3.8) is 0 Å². The van der Waals surface area contributed by atoms with Crippen LogP contribution in [0.2, 0.25) is 0 Å². The maximum Gasteiger partial charge on any atom is 0.159 e. The van der Waals surface area contributed by atoms with Crippen LogP contribution >= 0.6 is 0 Å². The quantitative estimate of drug-likeness (QED) is 0.480. The van der Waals surface area contributed by atoms with Gasteiger partial charge in [-0.05, 0) is 92.7 Å². The fourth-order valence-corrected chi connectivity index (χ4v) is 5.17. The number of benzene rings is 1. The van der Waals surface area contributed by atoms with Crippen LogP contribution in [0.15, 0.2) is 30.4 Å². The number of hydrogen-bond acceptors (Lipinski definition) is 1. The highest BCUT2D eigenvalue weighted by molar-refractivity contribution is 5.17. The maximum absolute atomic E-state index is 13.3. The van der Waals surface area contributed by atoms with Gasteiger partial charge >= 0.3 is 0 Å². The first kappa shape index (κ1) is 20.5. The van der Waals surface area contributed by atoms with E-state index in [0.717, 1.165) is 48.7 Å². The van der Waals surface area contributed by atoms with Crippen LogP contribution in [0.4, 0.5) is 8.78 Å². The van der Waals surface area contributed by atoms with Gasteiger partial charge < -0.3 is 4.74 Å². The molecule has 0 spiro atoms. The van der Waals surface area contributed by atoms with E-state index in [1.807, 2.05) is 0 Å². The van der Waals surface area contributed by atoms with E-state index in [4.69, 9.17) is 4.74 Å². The summed E-state index contributed by atoms with van der Waals surface area (Å²) in [4.78, 5) is 0. The fraction of sp³-hybridized carbons (Fsp3) is 0.667. The SMILES string of the molecule is COCC=CC1CCC(C2CCC(CCc3ccc(F)c(F)c3)CC2)CC1. The molecule has 0 radical (unpaired) electrons. The first-order valence-corrected chi connectivity index (χ1v) is 10.7. The van der Waals surface area contributed by atoms with E-state index < -0.39 is 11.6 Å². The van der Waals surface area contributed by atoms with Gasteiger partial charge in [-0.1, -0.05) is 31.1 Å². The molecule has 0 bridgehead atoms. The van der Waals surface area contributed by atoms with Crippen molar-refractivity contribution < 1.29 is 13.5 Å². The fourth-order valence-electron chi connectivity index (χ4n) is 5.17. The largest absolute Gasteiger partial charge is 0.381 e. The smallest absolute Gasteiger partial charge is 0.159 e. The van der Waals surface area contributed by atoms with Gasteiger partial charge in [-0.15, -0.1) is 0 Å². The lowest BCUT2D eigenvalue weighted by atomic mass is 9.68. The second kappa shape index (κ2) is 10.4. The van der Waals surface area contributed by atoms with Crippen LogP contribution in [0.5, 0.6) is 0 Å². The molecule has 3 rings (SSSR count). The van der Waals surface area contributed by atoms with Gasteiger partial charge in [0.05, 0.1) is 6.61 Å². The van der Waals surface area contributed by atoms with Crippen LogP contribution in [0.3, 0.4) is 0 Å². The summed E-state index contributed by atoms with van der Waals surface area (Å²) in [6.45, 7) is 0.731. The third kappa shape index (κ3) is 6.14. The van der Waals surface area contributed by atoms with E-state index in [2.05, 4.69) is 12.2 Å². The van der Waals surface area contributed by atoms with E-state index in [0.29, 0.717) is 0 Å². The lowest BCUT2D eigenvalue weighted by molar-refractivity contribution is 0.152. The molecule has 0 N–H and O–H groups in total. The molecule has 1 aromatic rings. The summed E-state index contributed by atoms with van der Waals surface area (Å²) in [5.74, 6) is 1.87. The Morgan fingerprint density at radius 1 is 0.926 bits per heavy atom. The van der Waals surface area contributed by atoms with Crippen molar-refractivity contribution in [1.29, 1.82) is 0 Å². The first-order chi connectivity index (χ1) is 13.2. The number of allylic oxidation sites excluding steroid dienone is 1. The average Bonchev–Trinajstić information content (AvgIpc) is 2.70. The molecule has 2 fully saturated rings. The average molecular weight is 377 g/mol. The number of methoxy groups -OCH3 is 1. The molecule has 0 heterocycles. The monoisotopic (exact) mass is 376 g/mol. The molecule has 0 aromatic heterocycles. The minimum Gasteiger partial charge on any atom is -0.381 e. The summed E-state index contributed by atoms with van der Waals surface area (Å²) in [7, 11) is 1.75. The molecular formula is C24H34F2O. The van der Waals surface area contributed by atoms with Crippen molar-refractivity contribution >= 4 is 0 Å². The summed E-state index contributed by atoms with van der Waals surface area (Å²) in [6.07, 6.45) is 17.3. The second-order valence-corrected chi connectivity index (χ2v) is 8.63. The summed E-state index contributed by atoms with van der Waals surface area (Å²) < 4.78 is 31.5. The van der Waals surface area contributed by atoms with Crippen molar-refractivity contribution in [1.82, 2.24) is 0 Å². The van der Waals surface area contributed by atoms with Crippen LogP contribution in [0.1, 0.15) is 63.4 Å². The Morgan fingerprint density at radius 3 is 2.22 bits per heavy atom. The number of hydrogen-bond donors (Lipinski definition) is 0. The van der Waals surface area contributed by atoms with Gasteiger partial charge in [-0.2, -0.15) is 0 Å². The standard InChI is InChI=1S/C24H34F2O/c1-27-16-2-3-18-6-11-21(12-7-18)22-13-8-19(9-14-22)4-5-20-10-15-23(25)24(26)17-20/h2-3,10,15,17-19,21-22H,4-9,11-14,16H2,1H3. The highest BCUT2D eigenvalue weighted by atomic mass is 19.2. The Morgan fingerprint density at radius 2 is 1.59 bits per heavy atom. The van der Waals surface area contributed by atoms with Gasteiger partial charge in [0.1, 0.15) is 0 Å². The summed E-state index contributed by atoms with van der Waals surface area (Å²) in [5, 5.41) is 0. The molecule has 3 heteroatoms. The minimum absolute atomic E-state index is 0.719. The van der Waals surface area contributed by atoms with E-state index in [9.17, 15) is 8.78 Å². The highest BCUT2D eigenvalue weighted by Crippen LogP contribution is 2.42. The van der Waals surface area contributed by atoms with Gasteiger partial charge in [0.25, 0.3) is 0 Å². The molecule has 27 heavy (non-hydrogen) atoms. The van der Waals surface area contributed by atoms with Gasteiger partial charge in [0.2, 0.25) is 0 Å². The normalized spacial score (nSPS) is 29.3. The Hall–Kier alpha value is -1.22. The van der Waals surface area contributed by atoms with Crippen LogP contribution in [-0.2, 0) is 11.2 Å². The molecule has 0 atom stereocenters. The molecular weight excluding hydrogens is 342 g/mol. The lowest BCUT2D eigenvalue weighted by Crippen LogP contribution is -2.25. The number of ether oxygens (including phenoxy) is 1. The van der Waals surface area contributed by atoms with Gasteiger partial charge in [0, 0.05) is 7.11 Å². The Bertz CT molecular complexity index is 596. The first-order valence-electron chi connectivity index (χ1n) is 10.7. The molecule has 0 aliphatic heterocycles. The number of halogens is 2. The van der Waals surface area contributed by atoms with Crippen molar-refractivity contribution in [2.24, 2.45) is 23.7 Å². The zero-order chi connectivity index (χ0) is 19.1. The number of rotatable bonds is 7. The van der Waals surface area contributed by atoms with Gasteiger partial charge in [-0.3, -0.25) is 0 Å². The molecule has 0 saturated heterocycles. The molecule has 0 unspecified atom stereocenters. The molecule has 1 aromatic carbocycles. The predicted octanol–water partition coefficient (Wildman–Crippen LogP) is 6.71. The topological polar surface area (TPSA) is 9.23 Å². The predicted molar refractivity (Wildman–Crippen MR) is 107 cm³/mol. The Balaban J connectivity index is 1.36. The summed E-state index contributed by atoms with van der Waals surface area (Å²) in [6, 6.07) is 4.34. The minimum atomic E-state index is -0.747. The summed E-state index contributed by atoms with van der Waals surface area (Å²) in [5.41, 5.74) is 0.927. The third-order valence-electron chi connectivity index (χ3n) is 6.87. The third-order valence-corrected chi connectivity index (χ3v) is 6.87. The van der Waals surface area contributed by atoms with Gasteiger partial charge in [-0.25, -0.2) is 8.78 Å².